The molecule has 210 valence electrons. The quantitative estimate of drug-likeness (QED) is 0.385. The normalized spacial score (nSPS) is 20.6. The Morgan fingerprint density at radius 2 is 1.95 bits per heavy atom. The third-order valence-corrected chi connectivity index (χ3v) is 6.89. The topological polar surface area (TPSA) is 108 Å². The predicted molar refractivity (Wildman–Crippen MR) is 138 cm³/mol. The number of allylic oxidation sites excluding steroid dienone is 2. The molecule has 1 aromatic rings. The fraction of sp³-hybridized carbons (Fsp3) is 0.538. The highest BCUT2D eigenvalue weighted by atomic mass is 35.5. The fourth-order valence-electron chi connectivity index (χ4n) is 4.58. The highest BCUT2D eigenvalue weighted by Crippen LogP contribution is 2.27. The number of β-amino-alcohol motifs (C(OH)–C–C–N with tert-alkyl or cyclic N) is 1. The molecule has 1 saturated heterocycles. The summed E-state index contributed by atoms with van der Waals surface area (Å²) in [4.78, 5) is 28.0. The number of carbonyl (C=O) groups excluding carboxylic acids is 2. The van der Waals surface area contributed by atoms with Gasteiger partial charge in [-0.2, -0.15) is 13.2 Å². The largest absolute Gasteiger partial charge is 0.460 e. The lowest BCUT2D eigenvalue weighted by Crippen LogP contribution is -2.61. The van der Waals surface area contributed by atoms with Gasteiger partial charge in [0.25, 0.3) is 0 Å². The summed E-state index contributed by atoms with van der Waals surface area (Å²) in [6.07, 6.45) is -0.435. The van der Waals surface area contributed by atoms with Gasteiger partial charge in [-0.1, -0.05) is 18.5 Å². The standard InChI is InChI=1S/C26H34ClF3N4O4/c1-2-17(24(31)36)12-20(35)13-34-11-10-33(15-22(34)25(37)32-16-26(28,29)30)14-21-4-3-5-23(38-21)18-6-8-19(27)9-7-18/h4-9,17,20,22,35H,2-3,10-16H2,1H3,(H2,31,36)(H,32,37)/t17?,20-,22-/m0/s1. The fourth-order valence-corrected chi connectivity index (χ4v) is 4.71. The molecule has 3 atom stereocenters. The minimum atomic E-state index is -4.55. The molecular formula is C26H34ClF3N4O4. The first-order valence-corrected chi connectivity index (χ1v) is 12.9. The summed E-state index contributed by atoms with van der Waals surface area (Å²) < 4.78 is 44.4. The van der Waals surface area contributed by atoms with Gasteiger partial charge in [0, 0.05) is 42.7 Å². The van der Waals surface area contributed by atoms with E-state index in [0.717, 1.165) is 5.56 Å². The van der Waals surface area contributed by atoms with Gasteiger partial charge in [-0.25, -0.2) is 0 Å². The molecule has 1 aromatic carbocycles. The Kier molecular flexibility index (Phi) is 10.6. The summed E-state index contributed by atoms with van der Waals surface area (Å²) in [6, 6.07) is 6.31. The number of amides is 2. The van der Waals surface area contributed by atoms with Crippen LogP contribution in [0.5, 0.6) is 0 Å². The van der Waals surface area contributed by atoms with E-state index in [0.29, 0.717) is 49.0 Å². The average molecular weight is 559 g/mol. The van der Waals surface area contributed by atoms with Crippen molar-refractivity contribution < 1.29 is 32.6 Å². The van der Waals surface area contributed by atoms with Gasteiger partial charge in [0.2, 0.25) is 11.8 Å². The van der Waals surface area contributed by atoms with Crippen LogP contribution in [0.3, 0.4) is 0 Å². The van der Waals surface area contributed by atoms with Crippen molar-refractivity contribution in [2.75, 3.05) is 39.3 Å². The number of ether oxygens (including phenoxy) is 1. The number of aliphatic hydroxyl groups is 1. The Morgan fingerprint density at radius 3 is 2.58 bits per heavy atom. The molecule has 2 amide bonds. The molecule has 0 spiro atoms. The number of rotatable bonds is 11. The zero-order valence-electron chi connectivity index (χ0n) is 21.2. The molecule has 2 aliphatic heterocycles. The summed E-state index contributed by atoms with van der Waals surface area (Å²) >= 11 is 5.97. The van der Waals surface area contributed by atoms with Crippen LogP contribution in [-0.4, -0.2) is 84.3 Å². The van der Waals surface area contributed by atoms with Crippen LogP contribution in [0.25, 0.3) is 5.76 Å². The molecule has 1 unspecified atom stereocenters. The minimum Gasteiger partial charge on any atom is -0.460 e. The molecule has 4 N–H and O–H groups in total. The van der Waals surface area contributed by atoms with E-state index in [1.54, 1.807) is 24.0 Å². The number of aliphatic hydroxyl groups excluding tert-OH is 1. The van der Waals surface area contributed by atoms with Gasteiger partial charge in [-0.15, -0.1) is 0 Å². The Bertz CT molecular complexity index is 1030. The summed E-state index contributed by atoms with van der Waals surface area (Å²) in [5, 5.41) is 13.2. The number of nitrogens with two attached hydrogens (primary N) is 1. The van der Waals surface area contributed by atoms with Crippen molar-refractivity contribution in [1.82, 2.24) is 15.1 Å². The monoisotopic (exact) mass is 558 g/mol. The Hall–Kier alpha value is -2.60. The number of hydrogen-bond acceptors (Lipinski definition) is 6. The van der Waals surface area contributed by atoms with E-state index in [1.165, 1.54) is 0 Å². The first kappa shape index (κ1) is 29.9. The Labute approximate surface area is 225 Å². The van der Waals surface area contributed by atoms with Crippen LogP contribution in [0, 0.1) is 5.92 Å². The van der Waals surface area contributed by atoms with E-state index in [1.807, 2.05) is 34.5 Å². The minimum absolute atomic E-state index is 0.0321. The van der Waals surface area contributed by atoms with E-state index < -0.39 is 42.6 Å². The molecule has 8 nitrogen and oxygen atoms in total. The molecular weight excluding hydrogens is 525 g/mol. The maximum Gasteiger partial charge on any atom is 0.405 e. The van der Waals surface area contributed by atoms with Crippen LogP contribution in [0.1, 0.15) is 31.7 Å². The molecule has 0 radical (unpaired) electrons. The van der Waals surface area contributed by atoms with Crippen molar-refractivity contribution in [3.63, 3.8) is 0 Å². The van der Waals surface area contributed by atoms with Gasteiger partial charge in [0.05, 0.1) is 12.6 Å². The molecule has 2 heterocycles. The van der Waals surface area contributed by atoms with Crippen molar-refractivity contribution in [3.8, 4) is 0 Å². The van der Waals surface area contributed by atoms with Gasteiger partial charge < -0.3 is 20.9 Å². The van der Waals surface area contributed by atoms with Crippen molar-refractivity contribution in [2.45, 2.75) is 44.5 Å². The summed E-state index contributed by atoms with van der Waals surface area (Å²) in [7, 11) is 0. The van der Waals surface area contributed by atoms with E-state index in [-0.39, 0.29) is 19.5 Å². The zero-order chi connectivity index (χ0) is 27.9. The van der Waals surface area contributed by atoms with E-state index in [9.17, 15) is 27.9 Å². The highest BCUT2D eigenvalue weighted by molar-refractivity contribution is 6.30. The number of alkyl halides is 3. The zero-order valence-corrected chi connectivity index (χ0v) is 22.0. The Balaban J connectivity index is 1.65. The molecule has 38 heavy (non-hydrogen) atoms. The average Bonchev–Trinajstić information content (AvgIpc) is 2.86. The molecule has 0 bridgehead atoms. The first-order valence-electron chi connectivity index (χ1n) is 12.6. The van der Waals surface area contributed by atoms with E-state index in [4.69, 9.17) is 22.1 Å². The van der Waals surface area contributed by atoms with Crippen molar-refractivity contribution >= 4 is 29.2 Å². The lowest BCUT2D eigenvalue weighted by atomic mass is 9.97. The van der Waals surface area contributed by atoms with Gasteiger partial charge in [-0.3, -0.25) is 19.4 Å². The van der Waals surface area contributed by atoms with E-state index in [2.05, 4.69) is 0 Å². The maximum absolute atomic E-state index is 12.8. The van der Waals surface area contributed by atoms with E-state index >= 15 is 0 Å². The molecule has 0 aliphatic carbocycles. The summed E-state index contributed by atoms with van der Waals surface area (Å²) in [5.74, 6) is -0.472. The van der Waals surface area contributed by atoms with Crippen molar-refractivity contribution in [2.24, 2.45) is 11.7 Å². The number of nitrogens with one attached hydrogen (secondary N) is 1. The number of primary amides is 1. The van der Waals surface area contributed by atoms with Gasteiger partial charge in [0.1, 0.15) is 24.1 Å². The lowest BCUT2D eigenvalue weighted by Gasteiger charge is -2.41. The number of nitrogens with zero attached hydrogens (tertiary/aromatic N) is 2. The second-order valence-electron chi connectivity index (χ2n) is 9.56. The van der Waals surface area contributed by atoms with Crippen LogP contribution in [-0.2, 0) is 14.3 Å². The third kappa shape index (κ3) is 9.00. The smallest absolute Gasteiger partial charge is 0.405 e. The number of halogens is 4. The molecule has 2 aliphatic rings. The van der Waals surface area contributed by atoms with Crippen molar-refractivity contribution in [3.05, 3.63) is 52.8 Å². The second kappa shape index (κ2) is 13.5. The van der Waals surface area contributed by atoms with Crippen LogP contribution < -0.4 is 11.1 Å². The van der Waals surface area contributed by atoms with Gasteiger partial charge in [0.15, 0.2) is 0 Å². The Morgan fingerprint density at radius 1 is 1.24 bits per heavy atom. The lowest BCUT2D eigenvalue weighted by molar-refractivity contribution is -0.143. The van der Waals surface area contributed by atoms with Crippen LogP contribution in [0.15, 0.2) is 42.2 Å². The predicted octanol–water partition coefficient (Wildman–Crippen LogP) is 2.91. The molecule has 12 heteroatoms. The van der Waals surface area contributed by atoms with Crippen LogP contribution in [0.2, 0.25) is 5.02 Å². The van der Waals surface area contributed by atoms with Crippen LogP contribution >= 0.6 is 11.6 Å². The molecule has 1 fully saturated rings. The molecule has 0 saturated carbocycles. The first-order chi connectivity index (χ1) is 17.9. The summed E-state index contributed by atoms with van der Waals surface area (Å²) in [5.41, 5.74) is 6.24. The SMILES string of the molecule is CCC(C[C@H](O)CN1CCN(CC2=CCC=C(c3ccc(Cl)cc3)O2)C[C@H]1C(=O)NCC(F)(F)F)C(N)=O. The number of benzene rings is 1. The highest BCUT2D eigenvalue weighted by Gasteiger charge is 2.36. The van der Waals surface area contributed by atoms with Crippen molar-refractivity contribution in [1.29, 1.82) is 0 Å². The second-order valence-corrected chi connectivity index (χ2v) is 10.00. The third-order valence-electron chi connectivity index (χ3n) is 6.64. The summed E-state index contributed by atoms with van der Waals surface area (Å²) in [6.45, 7) is 1.72. The molecule has 0 aromatic heterocycles. The van der Waals surface area contributed by atoms with Gasteiger partial charge in [-0.05, 0) is 55.7 Å². The van der Waals surface area contributed by atoms with Gasteiger partial charge >= 0.3 is 6.18 Å². The number of hydrogen-bond donors (Lipinski definition) is 3. The molecule has 3 rings (SSSR count). The van der Waals surface area contributed by atoms with Crippen LogP contribution in [0.4, 0.5) is 13.2 Å². The maximum atomic E-state index is 12.8. The number of piperazine rings is 1. The number of carbonyl (C=O) groups is 2.